The van der Waals surface area contributed by atoms with Gasteiger partial charge in [0.25, 0.3) is 0 Å². The van der Waals surface area contributed by atoms with Crippen LogP contribution in [0.4, 0.5) is 14.9 Å². The molecule has 0 bridgehead atoms. The summed E-state index contributed by atoms with van der Waals surface area (Å²) in [5.41, 5.74) is 0.824. The van der Waals surface area contributed by atoms with E-state index in [1.807, 2.05) is 30.3 Å². The van der Waals surface area contributed by atoms with Crippen LogP contribution < -0.4 is 10.6 Å². The number of anilines is 1. The molecule has 6 heteroatoms. The van der Waals surface area contributed by atoms with Crippen LogP contribution in [0.2, 0.25) is 5.02 Å². The molecule has 3 N–H and O–H groups in total. The lowest BCUT2D eigenvalue weighted by molar-refractivity contribution is 0.251. The molecule has 0 heterocycles. The van der Waals surface area contributed by atoms with E-state index in [2.05, 4.69) is 10.6 Å². The summed E-state index contributed by atoms with van der Waals surface area (Å²) in [6.07, 6.45) is 0. The molecule has 0 saturated carbocycles. The first-order chi connectivity index (χ1) is 9.56. The maximum atomic E-state index is 13.5. The summed E-state index contributed by atoms with van der Waals surface area (Å²) in [7, 11) is 0. The van der Waals surface area contributed by atoms with Crippen LogP contribution in [0.3, 0.4) is 0 Å². The second-order valence-corrected chi connectivity index (χ2v) is 4.48. The first-order valence-corrected chi connectivity index (χ1v) is 6.21. The van der Waals surface area contributed by atoms with Crippen LogP contribution in [0, 0.1) is 5.82 Å². The summed E-state index contributed by atoms with van der Waals surface area (Å²) in [6, 6.07) is 10.7. The third-order valence-corrected chi connectivity index (χ3v) is 2.88. The third kappa shape index (κ3) is 3.61. The Morgan fingerprint density at radius 3 is 2.65 bits per heavy atom. The van der Waals surface area contributed by atoms with Gasteiger partial charge in [-0.05, 0) is 11.6 Å². The molecule has 0 aliphatic rings. The largest absolute Gasteiger partial charge is 0.506 e. The van der Waals surface area contributed by atoms with E-state index in [0.29, 0.717) is 6.54 Å². The first kappa shape index (κ1) is 14.1. The number of phenolic OH excluding ortho intramolecular Hbond substituents is 1. The molecule has 20 heavy (non-hydrogen) atoms. The van der Waals surface area contributed by atoms with Gasteiger partial charge in [0.15, 0.2) is 5.82 Å². The van der Waals surface area contributed by atoms with Crippen LogP contribution in [0.15, 0.2) is 42.5 Å². The van der Waals surface area contributed by atoms with Gasteiger partial charge in [-0.2, -0.15) is 0 Å². The molecule has 2 rings (SSSR count). The number of aromatic hydroxyl groups is 1. The zero-order chi connectivity index (χ0) is 14.5. The van der Waals surface area contributed by atoms with E-state index in [9.17, 15) is 14.3 Å². The standard InChI is InChI=1S/C14H12ClFN2O2/c15-10-6-12(11(16)7-13(10)19)18-14(20)17-8-9-4-2-1-3-5-9/h1-7,19H,8H2,(H2,17,18,20). The van der Waals surface area contributed by atoms with Gasteiger partial charge in [-0.3, -0.25) is 0 Å². The zero-order valence-electron chi connectivity index (χ0n) is 10.4. The second-order valence-electron chi connectivity index (χ2n) is 4.08. The highest BCUT2D eigenvalue weighted by atomic mass is 35.5. The molecular weight excluding hydrogens is 283 g/mol. The maximum Gasteiger partial charge on any atom is 0.319 e. The minimum Gasteiger partial charge on any atom is -0.506 e. The molecule has 2 aromatic rings. The van der Waals surface area contributed by atoms with Crippen LogP contribution in [0.1, 0.15) is 5.56 Å². The van der Waals surface area contributed by atoms with Crippen LogP contribution in [0.5, 0.6) is 5.75 Å². The summed E-state index contributed by atoms with van der Waals surface area (Å²) in [5, 5.41) is 14.1. The molecule has 0 aliphatic carbocycles. The number of benzene rings is 2. The first-order valence-electron chi connectivity index (χ1n) is 5.83. The van der Waals surface area contributed by atoms with Crippen LogP contribution in [-0.2, 0) is 6.54 Å². The molecule has 0 unspecified atom stereocenters. The van der Waals surface area contributed by atoms with Gasteiger partial charge in [-0.15, -0.1) is 0 Å². The Morgan fingerprint density at radius 1 is 1.25 bits per heavy atom. The quantitative estimate of drug-likeness (QED) is 0.759. The maximum absolute atomic E-state index is 13.5. The van der Waals surface area contributed by atoms with Crippen LogP contribution >= 0.6 is 11.6 Å². The Morgan fingerprint density at radius 2 is 1.95 bits per heavy atom. The molecule has 0 spiro atoms. The molecule has 2 amide bonds. The number of hydrogen-bond acceptors (Lipinski definition) is 2. The highest BCUT2D eigenvalue weighted by molar-refractivity contribution is 6.32. The Hall–Kier alpha value is -2.27. The predicted molar refractivity (Wildman–Crippen MR) is 75.4 cm³/mol. The van der Waals surface area contributed by atoms with Gasteiger partial charge in [0.2, 0.25) is 0 Å². The minimum absolute atomic E-state index is 0.0373. The van der Waals surface area contributed by atoms with E-state index in [0.717, 1.165) is 17.7 Å². The molecule has 0 saturated heterocycles. The zero-order valence-corrected chi connectivity index (χ0v) is 11.1. The molecule has 0 fully saturated rings. The number of hydrogen-bond donors (Lipinski definition) is 3. The Labute approximate surface area is 120 Å². The summed E-state index contributed by atoms with van der Waals surface area (Å²) in [5.74, 6) is -1.14. The van der Waals surface area contributed by atoms with E-state index in [-0.39, 0.29) is 16.5 Å². The van der Waals surface area contributed by atoms with Crippen molar-refractivity contribution in [1.29, 1.82) is 0 Å². The number of urea groups is 1. The molecule has 2 aromatic carbocycles. The SMILES string of the molecule is O=C(NCc1ccccc1)Nc1cc(Cl)c(O)cc1F. The molecule has 4 nitrogen and oxygen atoms in total. The van der Waals surface area contributed by atoms with Gasteiger partial charge in [0, 0.05) is 12.6 Å². The highest BCUT2D eigenvalue weighted by Crippen LogP contribution is 2.28. The van der Waals surface area contributed by atoms with Gasteiger partial charge in [-0.25, -0.2) is 9.18 Å². The molecule has 0 atom stereocenters. The van der Waals surface area contributed by atoms with Crippen LogP contribution in [-0.4, -0.2) is 11.1 Å². The summed E-state index contributed by atoms with van der Waals surface area (Å²) in [4.78, 5) is 11.6. The molecule has 0 aromatic heterocycles. The number of carbonyl (C=O) groups is 1. The molecule has 0 radical (unpaired) electrons. The number of halogens is 2. The smallest absolute Gasteiger partial charge is 0.319 e. The normalized spacial score (nSPS) is 10.1. The van der Waals surface area contributed by atoms with Crippen molar-refractivity contribution in [2.24, 2.45) is 0 Å². The minimum atomic E-state index is -0.762. The predicted octanol–water partition coefficient (Wildman–Crippen LogP) is 3.51. The van der Waals surface area contributed by atoms with Crippen LogP contribution in [0.25, 0.3) is 0 Å². The van der Waals surface area contributed by atoms with Crippen molar-refractivity contribution in [1.82, 2.24) is 5.32 Å². The van der Waals surface area contributed by atoms with E-state index < -0.39 is 11.8 Å². The summed E-state index contributed by atoms with van der Waals surface area (Å²) in [6.45, 7) is 0.320. The average Bonchev–Trinajstić information content (AvgIpc) is 2.44. The second kappa shape index (κ2) is 6.25. The molecular formula is C14H12ClFN2O2. The lowest BCUT2D eigenvalue weighted by Crippen LogP contribution is -2.28. The number of nitrogens with one attached hydrogen (secondary N) is 2. The van der Waals surface area contributed by atoms with Gasteiger partial charge in [-0.1, -0.05) is 41.9 Å². The van der Waals surface area contributed by atoms with Crippen molar-refractivity contribution in [3.05, 3.63) is 58.9 Å². The lowest BCUT2D eigenvalue weighted by atomic mass is 10.2. The van der Waals surface area contributed by atoms with Gasteiger partial charge < -0.3 is 15.7 Å². The molecule has 0 aliphatic heterocycles. The van der Waals surface area contributed by atoms with Gasteiger partial charge in [0.05, 0.1) is 10.7 Å². The summed E-state index contributed by atoms with van der Waals surface area (Å²) < 4.78 is 13.5. The van der Waals surface area contributed by atoms with Crippen molar-refractivity contribution in [2.75, 3.05) is 5.32 Å². The van der Waals surface area contributed by atoms with E-state index in [1.165, 1.54) is 0 Å². The fourth-order valence-corrected chi connectivity index (χ4v) is 1.74. The Balaban J connectivity index is 1.97. The van der Waals surface area contributed by atoms with Crippen molar-refractivity contribution in [3.63, 3.8) is 0 Å². The lowest BCUT2D eigenvalue weighted by Gasteiger charge is -2.09. The number of carbonyl (C=O) groups excluding carboxylic acids is 1. The van der Waals surface area contributed by atoms with Crippen molar-refractivity contribution < 1.29 is 14.3 Å². The number of rotatable bonds is 3. The van der Waals surface area contributed by atoms with Crippen molar-refractivity contribution in [3.8, 4) is 5.75 Å². The van der Waals surface area contributed by atoms with Crippen molar-refractivity contribution in [2.45, 2.75) is 6.54 Å². The van der Waals surface area contributed by atoms with Gasteiger partial charge >= 0.3 is 6.03 Å². The van der Waals surface area contributed by atoms with Crippen molar-refractivity contribution >= 4 is 23.3 Å². The average molecular weight is 295 g/mol. The van der Waals surface area contributed by atoms with E-state index >= 15 is 0 Å². The van der Waals surface area contributed by atoms with E-state index in [1.54, 1.807) is 0 Å². The third-order valence-electron chi connectivity index (χ3n) is 2.58. The number of phenols is 1. The highest BCUT2D eigenvalue weighted by Gasteiger charge is 2.10. The van der Waals surface area contributed by atoms with E-state index in [4.69, 9.17) is 11.6 Å². The monoisotopic (exact) mass is 294 g/mol. The Kier molecular flexibility index (Phi) is 4.42. The van der Waals surface area contributed by atoms with Gasteiger partial charge in [0.1, 0.15) is 5.75 Å². The fraction of sp³-hybridized carbons (Fsp3) is 0.0714. The Bertz CT molecular complexity index is 620. The fourth-order valence-electron chi connectivity index (χ4n) is 1.58. The molecule has 104 valence electrons. The summed E-state index contributed by atoms with van der Waals surface area (Å²) >= 11 is 5.65. The number of amides is 2. The topological polar surface area (TPSA) is 61.4 Å².